The van der Waals surface area contributed by atoms with Crippen LogP contribution in [-0.4, -0.2) is 16.8 Å². The molecule has 1 N–H and O–H groups in total. The van der Waals surface area contributed by atoms with Crippen LogP contribution in [0.15, 0.2) is 30.5 Å². The van der Waals surface area contributed by atoms with E-state index in [-0.39, 0.29) is 6.04 Å². The molecule has 0 aliphatic rings. The quantitative estimate of drug-likeness (QED) is 0.909. The minimum atomic E-state index is 0.223. The third-order valence-electron chi connectivity index (χ3n) is 3.42. The number of hydrogen-bond acceptors (Lipinski definition) is 2. The Morgan fingerprint density at radius 2 is 2.21 bits per heavy atom. The zero-order chi connectivity index (χ0) is 13.8. The molecule has 0 fully saturated rings. The third-order valence-corrected chi connectivity index (χ3v) is 3.71. The number of hydrogen-bond donors (Lipinski definition) is 1. The summed E-state index contributed by atoms with van der Waals surface area (Å²) in [5.74, 6) is 0. The van der Waals surface area contributed by atoms with Crippen LogP contribution in [0, 0.1) is 6.92 Å². The van der Waals surface area contributed by atoms with E-state index in [1.54, 1.807) is 6.20 Å². The fourth-order valence-corrected chi connectivity index (χ4v) is 2.71. The van der Waals surface area contributed by atoms with Crippen LogP contribution in [0.25, 0.3) is 0 Å². The van der Waals surface area contributed by atoms with E-state index in [1.807, 2.05) is 18.8 Å². The highest BCUT2D eigenvalue weighted by atomic mass is 35.5. The van der Waals surface area contributed by atoms with E-state index in [4.69, 9.17) is 11.6 Å². The fourth-order valence-electron chi connectivity index (χ4n) is 2.41. The van der Waals surface area contributed by atoms with E-state index >= 15 is 0 Å². The molecule has 0 bridgehead atoms. The maximum atomic E-state index is 6.20. The van der Waals surface area contributed by atoms with E-state index in [2.05, 4.69) is 41.6 Å². The minimum Gasteiger partial charge on any atom is -0.312 e. The van der Waals surface area contributed by atoms with Gasteiger partial charge in [0.2, 0.25) is 0 Å². The number of rotatable bonds is 5. The average Bonchev–Trinajstić information content (AvgIpc) is 2.71. The summed E-state index contributed by atoms with van der Waals surface area (Å²) in [7, 11) is 3.89. The molecule has 1 atom stereocenters. The summed E-state index contributed by atoms with van der Waals surface area (Å²) in [5.41, 5.74) is 3.72. The maximum absolute atomic E-state index is 6.20. The standard InChI is InChI=1S/C15H20ClN3/c1-11-5-4-6-12(9-11)7-8-14(17-2)15-13(16)10-18-19(15)3/h4-6,9-10,14,17H,7-8H2,1-3H3. The highest BCUT2D eigenvalue weighted by Crippen LogP contribution is 2.25. The van der Waals surface area contributed by atoms with Gasteiger partial charge in [-0.2, -0.15) is 5.10 Å². The molecule has 102 valence electrons. The first-order chi connectivity index (χ1) is 9.11. The van der Waals surface area contributed by atoms with Crippen LogP contribution in [-0.2, 0) is 13.5 Å². The van der Waals surface area contributed by atoms with Crippen LogP contribution in [0.2, 0.25) is 5.02 Å². The van der Waals surface area contributed by atoms with Gasteiger partial charge in [0.15, 0.2) is 0 Å². The second-order valence-corrected chi connectivity index (χ2v) is 5.28. The fraction of sp³-hybridized carbons (Fsp3) is 0.400. The van der Waals surface area contributed by atoms with E-state index in [9.17, 15) is 0 Å². The predicted molar refractivity (Wildman–Crippen MR) is 79.5 cm³/mol. The Labute approximate surface area is 119 Å². The molecule has 1 aromatic carbocycles. The Balaban J connectivity index is 2.08. The summed E-state index contributed by atoms with van der Waals surface area (Å²) in [4.78, 5) is 0. The highest BCUT2D eigenvalue weighted by molar-refractivity contribution is 6.31. The lowest BCUT2D eigenvalue weighted by Crippen LogP contribution is -2.20. The molecule has 19 heavy (non-hydrogen) atoms. The normalized spacial score (nSPS) is 12.6. The monoisotopic (exact) mass is 277 g/mol. The molecule has 0 amide bonds. The Kier molecular flexibility index (Phi) is 4.61. The van der Waals surface area contributed by atoms with E-state index in [0.717, 1.165) is 23.6 Å². The van der Waals surface area contributed by atoms with Crippen LogP contribution < -0.4 is 5.32 Å². The van der Waals surface area contributed by atoms with Crippen LogP contribution >= 0.6 is 11.6 Å². The summed E-state index contributed by atoms with van der Waals surface area (Å²) >= 11 is 6.20. The lowest BCUT2D eigenvalue weighted by Gasteiger charge is -2.17. The lowest BCUT2D eigenvalue weighted by atomic mass is 10.0. The number of aromatic nitrogens is 2. The van der Waals surface area contributed by atoms with Gasteiger partial charge in [-0.15, -0.1) is 0 Å². The second kappa shape index (κ2) is 6.22. The predicted octanol–water partition coefficient (Wildman–Crippen LogP) is 3.28. The summed E-state index contributed by atoms with van der Waals surface area (Å²) in [6.07, 6.45) is 3.72. The van der Waals surface area contributed by atoms with Crippen molar-refractivity contribution in [3.05, 3.63) is 52.3 Å². The SMILES string of the molecule is CNC(CCc1cccc(C)c1)c1c(Cl)cnn1C. The Morgan fingerprint density at radius 1 is 1.42 bits per heavy atom. The van der Waals surface area contributed by atoms with Crippen LogP contribution in [0.3, 0.4) is 0 Å². The number of benzene rings is 1. The summed E-state index contributed by atoms with van der Waals surface area (Å²) in [6.45, 7) is 2.12. The molecular formula is C15H20ClN3. The van der Waals surface area contributed by atoms with Crippen molar-refractivity contribution in [3.8, 4) is 0 Å². The van der Waals surface area contributed by atoms with Crippen molar-refractivity contribution in [1.29, 1.82) is 0 Å². The zero-order valence-electron chi connectivity index (χ0n) is 11.7. The van der Waals surface area contributed by atoms with Crippen molar-refractivity contribution in [2.24, 2.45) is 7.05 Å². The minimum absolute atomic E-state index is 0.223. The van der Waals surface area contributed by atoms with Crippen molar-refractivity contribution in [2.45, 2.75) is 25.8 Å². The molecular weight excluding hydrogens is 258 g/mol. The third kappa shape index (κ3) is 3.37. The summed E-state index contributed by atoms with van der Waals surface area (Å²) in [5, 5.41) is 8.25. The molecule has 0 saturated heterocycles. The van der Waals surface area contributed by atoms with Gasteiger partial charge in [0.05, 0.1) is 23.0 Å². The van der Waals surface area contributed by atoms with Gasteiger partial charge in [-0.05, 0) is 32.4 Å². The smallest absolute Gasteiger partial charge is 0.0833 e. The number of nitrogens with one attached hydrogen (secondary N) is 1. The zero-order valence-corrected chi connectivity index (χ0v) is 12.4. The molecule has 4 heteroatoms. The van der Waals surface area contributed by atoms with Gasteiger partial charge in [0.25, 0.3) is 0 Å². The van der Waals surface area contributed by atoms with Gasteiger partial charge in [0.1, 0.15) is 0 Å². The van der Waals surface area contributed by atoms with E-state index < -0.39 is 0 Å². The van der Waals surface area contributed by atoms with Gasteiger partial charge < -0.3 is 5.32 Å². The molecule has 0 spiro atoms. The Hall–Kier alpha value is -1.32. The molecule has 2 rings (SSSR count). The molecule has 0 aliphatic heterocycles. The van der Waals surface area contributed by atoms with Crippen LogP contribution in [0.1, 0.15) is 29.3 Å². The first-order valence-corrected chi connectivity index (χ1v) is 6.90. The number of aryl methyl sites for hydroxylation is 3. The summed E-state index contributed by atoms with van der Waals surface area (Å²) in [6, 6.07) is 8.86. The van der Waals surface area contributed by atoms with Crippen LogP contribution in [0.5, 0.6) is 0 Å². The average molecular weight is 278 g/mol. The molecule has 0 aliphatic carbocycles. The van der Waals surface area contributed by atoms with Gasteiger partial charge >= 0.3 is 0 Å². The van der Waals surface area contributed by atoms with Gasteiger partial charge in [0, 0.05) is 7.05 Å². The highest BCUT2D eigenvalue weighted by Gasteiger charge is 2.17. The lowest BCUT2D eigenvalue weighted by molar-refractivity contribution is 0.506. The first-order valence-electron chi connectivity index (χ1n) is 6.52. The van der Waals surface area contributed by atoms with E-state index in [1.165, 1.54) is 11.1 Å². The van der Waals surface area contributed by atoms with Crippen molar-refractivity contribution < 1.29 is 0 Å². The van der Waals surface area contributed by atoms with Gasteiger partial charge in [-0.3, -0.25) is 4.68 Å². The molecule has 2 aromatic rings. The number of nitrogens with zero attached hydrogens (tertiary/aromatic N) is 2. The first kappa shape index (κ1) is 14.1. The molecule has 3 nitrogen and oxygen atoms in total. The molecule has 0 radical (unpaired) electrons. The van der Waals surface area contributed by atoms with Gasteiger partial charge in [-0.1, -0.05) is 41.4 Å². The van der Waals surface area contributed by atoms with Crippen molar-refractivity contribution in [2.75, 3.05) is 7.05 Å². The van der Waals surface area contributed by atoms with Crippen molar-refractivity contribution >= 4 is 11.6 Å². The van der Waals surface area contributed by atoms with Crippen molar-refractivity contribution in [1.82, 2.24) is 15.1 Å². The number of halogens is 1. The molecule has 0 saturated carbocycles. The van der Waals surface area contributed by atoms with E-state index in [0.29, 0.717) is 0 Å². The molecule has 1 heterocycles. The maximum Gasteiger partial charge on any atom is 0.0833 e. The largest absolute Gasteiger partial charge is 0.312 e. The summed E-state index contributed by atoms with van der Waals surface area (Å²) < 4.78 is 1.85. The Morgan fingerprint density at radius 3 is 2.79 bits per heavy atom. The molecule has 1 unspecified atom stereocenters. The molecule has 1 aromatic heterocycles. The second-order valence-electron chi connectivity index (χ2n) is 4.87. The van der Waals surface area contributed by atoms with Crippen molar-refractivity contribution in [3.63, 3.8) is 0 Å². The Bertz CT molecular complexity index is 529. The van der Waals surface area contributed by atoms with Gasteiger partial charge in [-0.25, -0.2) is 0 Å². The topological polar surface area (TPSA) is 29.9 Å². The van der Waals surface area contributed by atoms with Crippen LogP contribution in [0.4, 0.5) is 0 Å².